The Bertz CT molecular complexity index is 326. The molecule has 1 aliphatic carbocycles. The van der Waals surface area contributed by atoms with Crippen LogP contribution in [0.4, 0.5) is 0 Å². The molecule has 1 aromatic heterocycles. The zero-order chi connectivity index (χ0) is 12.3. The molecule has 3 heteroatoms. The van der Waals surface area contributed by atoms with E-state index >= 15 is 0 Å². The quantitative estimate of drug-likeness (QED) is 0.867. The van der Waals surface area contributed by atoms with Gasteiger partial charge < -0.3 is 10.2 Å². The smallest absolute Gasteiger partial charge is 0.0905 e. The fourth-order valence-electron chi connectivity index (χ4n) is 2.60. The largest absolute Gasteiger partial charge is 0.390 e. The van der Waals surface area contributed by atoms with E-state index in [1.807, 2.05) is 6.07 Å². The predicted molar refractivity (Wildman–Crippen MR) is 71.2 cm³/mol. The molecule has 1 fully saturated rings. The van der Waals surface area contributed by atoms with Crippen LogP contribution >= 0.6 is 11.3 Å². The second-order valence-electron chi connectivity index (χ2n) is 5.42. The molecule has 17 heavy (non-hydrogen) atoms. The van der Waals surface area contributed by atoms with Crippen molar-refractivity contribution >= 4 is 11.3 Å². The van der Waals surface area contributed by atoms with E-state index < -0.39 is 11.7 Å². The van der Waals surface area contributed by atoms with Gasteiger partial charge >= 0.3 is 0 Å². The lowest BCUT2D eigenvalue weighted by Gasteiger charge is -2.38. The number of aliphatic hydroxyl groups excluding tert-OH is 1. The highest BCUT2D eigenvalue weighted by Gasteiger charge is 2.38. The van der Waals surface area contributed by atoms with Crippen LogP contribution in [0.5, 0.6) is 0 Å². The monoisotopic (exact) mass is 254 g/mol. The van der Waals surface area contributed by atoms with Gasteiger partial charge in [0.2, 0.25) is 0 Å². The molecule has 2 N–H and O–H groups in total. The fourth-order valence-corrected chi connectivity index (χ4v) is 3.32. The Morgan fingerprint density at radius 2 is 2.18 bits per heavy atom. The maximum atomic E-state index is 10.4. The van der Waals surface area contributed by atoms with Crippen molar-refractivity contribution in [1.29, 1.82) is 0 Å². The van der Waals surface area contributed by atoms with E-state index in [1.165, 1.54) is 4.88 Å². The predicted octanol–water partition coefficient (Wildman–Crippen LogP) is 2.98. The van der Waals surface area contributed by atoms with Crippen molar-refractivity contribution in [2.75, 3.05) is 0 Å². The summed E-state index contributed by atoms with van der Waals surface area (Å²) in [6, 6.07) is 4.12. The average Bonchev–Trinajstić information content (AvgIpc) is 2.83. The van der Waals surface area contributed by atoms with Crippen molar-refractivity contribution in [3.05, 3.63) is 22.4 Å². The van der Waals surface area contributed by atoms with Crippen molar-refractivity contribution in [1.82, 2.24) is 0 Å². The van der Waals surface area contributed by atoms with E-state index in [0.29, 0.717) is 12.3 Å². The Kier molecular flexibility index (Phi) is 4.23. The number of hydrogen-bond acceptors (Lipinski definition) is 3. The number of hydrogen-bond donors (Lipinski definition) is 2. The van der Waals surface area contributed by atoms with Crippen molar-refractivity contribution in [2.24, 2.45) is 5.92 Å². The number of rotatable bonds is 4. The minimum Gasteiger partial charge on any atom is -0.390 e. The van der Waals surface area contributed by atoms with Gasteiger partial charge in [0.15, 0.2) is 0 Å². The Hall–Kier alpha value is -0.380. The molecule has 2 nitrogen and oxygen atoms in total. The third-order valence-corrected chi connectivity index (χ3v) is 4.94. The molecule has 1 atom stereocenters. The van der Waals surface area contributed by atoms with Gasteiger partial charge in [0, 0.05) is 4.88 Å². The molecule has 1 unspecified atom stereocenters. The van der Waals surface area contributed by atoms with E-state index in [2.05, 4.69) is 18.4 Å². The van der Waals surface area contributed by atoms with Crippen LogP contribution in [0.1, 0.15) is 43.9 Å². The molecule has 0 aliphatic heterocycles. The van der Waals surface area contributed by atoms with E-state index in [4.69, 9.17) is 0 Å². The van der Waals surface area contributed by atoms with E-state index in [0.717, 1.165) is 32.1 Å². The van der Waals surface area contributed by atoms with Gasteiger partial charge in [-0.25, -0.2) is 0 Å². The summed E-state index contributed by atoms with van der Waals surface area (Å²) in [4.78, 5) is 1.29. The molecular weight excluding hydrogens is 232 g/mol. The number of thiophene rings is 1. The number of aliphatic hydroxyl groups is 2. The zero-order valence-corrected chi connectivity index (χ0v) is 11.2. The molecule has 1 heterocycles. The zero-order valence-electron chi connectivity index (χ0n) is 10.4. The lowest BCUT2D eigenvalue weighted by Crippen LogP contribution is -2.45. The van der Waals surface area contributed by atoms with E-state index in [-0.39, 0.29) is 0 Å². The van der Waals surface area contributed by atoms with Gasteiger partial charge in [0.1, 0.15) is 0 Å². The third-order valence-electron chi connectivity index (χ3n) is 4.00. The Balaban J connectivity index is 1.84. The maximum Gasteiger partial charge on any atom is 0.0905 e. The van der Waals surface area contributed by atoms with Crippen LogP contribution in [-0.4, -0.2) is 21.9 Å². The third kappa shape index (κ3) is 3.30. The fraction of sp³-hybridized carbons (Fsp3) is 0.714. The van der Waals surface area contributed by atoms with Crippen LogP contribution in [0.25, 0.3) is 0 Å². The van der Waals surface area contributed by atoms with Crippen LogP contribution in [-0.2, 0) is 6.42 Å². The topological polar surface area (TPSA) is 40.5 Å². The molecule has 1 aromatic rings. The maximum absolute atomic E-state index is 10.4. The lowest BCUT2D eigenvalue weighted by molar-refractivity contribution is -0.105. The van der Waals surface area contributed by atoms with E-state index in [9.17, 15) is 10.2 Å². The summed E-state index contributed by atoms with van der Waals surface area (Å²) in [5.41, 5.74) is -0.830. The van der Waals surface area contributed by atoms with Crippen molar-refractivity contribution in [2.45, 2.75) is 57.2 Å². The van der Waals surface area contributed by atoms with Crippen LogP contribution in [0.2, 0.25) is 0 Å². The summed E-state index contributed by atoms with van der Waals surface area (Å²) in [5.74, 6) is 0.694. The molecule has 0 amide bonds. The molecule has 0 aromatic carbocycles. The second-order valence-corrected chi connectivity index (χ2v) is 6.45. The van der Waals surface area contributed by atoms with Gasteiger partial charge in [-0.15, -0.1) is 11.3 Å². The molecule has 1 aliphatic rings. The van der Waals surface area contributed by atoms with Gasteiger partial charge in [0.05, 0.1) is 11.7 Å². The molecule has 0 spiro atoms. The van der Waals surface area contributed by atoms with Crippen molar-refractivity contribution in [3.8, 4) is 0 Å². The first-order valence-corrected chi connectivity index (χ1v) is 7.41. The van der Waals surface area contributed by atoms with Gasteiger partial charge in [0.25, 0.3) is 0 Å². The van der Waals surface area contributed by atoms with Gasteiger partial charge in [-0.2, -0.15) is 0 Å². The molecule has 0 bridgehead atoms. The highest BCUT2D eigenvalue weighted by molar-refractivity contribution is 7.09. The molecular formula is C14H22O2S. The summed E-state index contributed by atoms with van der Waals surface area (Å²) in [7, 11) is 0. The minimum atomic E-state index is -0.830. The van der Waals surface area contributed by atoms with E-state index in [1.54, 1.807) is 11.3 Å². The Labute approximate surface area is 107 Å². The highest BCUT2D eigenvalue weighted by Crippen LogP contribution is 2.35. The van der Waals surface area contributed by atoms with Gasteiger partial charge in [-0.3, -0.25) is 0 Å². The summed E-state index contributed by atoms with van der Waals surface area (Å²) in [6.07, 6.45) is 4.54. The Morgan fingerprint density at radius 3 is 2.76 bits per heavy atom. The van der Waals surface area contributed by atoms with Crippen LogP contribution in [0, 0.1) is 5.92 Å². The number of aryl methyl sites for hydroxylation is 1. The molecule has 0 saturated heterocycles. The van der Waals surface area contributed by atoms with Crippen molar-refractivity contribution in [3.63, 3.8) is 0 Å². The van der Waals surface area contributed by atoms with Gasteiger partial charge in [-0.05, 0) is 55.9 Å². The first-order valence-electron chi connectivity index (χ1n) is 6.53. The normalized spacial score (nSPS) is 31.4. The second kappa shape index (κ2) is 5.51. The van der Waals surface area contributed by atoms with Crippen LogP contribution in [0.15, 0.2) is 17.5 Å². The summed E-state index contributed by atoms with van der Waals surface area (Å²) < 4.78 is 0. The summed E-state index contributed by atoms with van der Waals surface area (Å²) in [6.45, 7) is 2.22. The lowest BCUT2D eigenvalue weighted by atomic mass is 9.75. The molecule has 96 valence electrons. The SMILES string of the molecule is CC1CCC(O)(C(O)CCc2cccs2)CC1. The standard InChI is InChI=1S/C14H22O2S/c1-11-6-8-14(16,9-7-11)13(15)5-4-12-3-2-10-17-12/h2-3,10-11,13,15-16H,4-9H2,1H3. The first-order chi connectivity index (χ1) is 8.10. The van der Waals surface area contributed by atoms with Crippen LogP contribution in [0.3, 0.4) is 0 Å². The van der Waals surface area contributed by atoms with Gasteiger partial charge in [-0.1, -0.05) is 13.0 Å². The summed E-state index contributed by atoms with van der Waals surface area (Å²) in [5, 5.41) is 22.7. The molecule has 1 saturated carbocycles. The first kappa shape index (κ1) is 13.1. The molecule has 2 rings (SSSR count). The van der Waals surface area contributed by atoms with Crippen molar-refractivity contribution < 1.29 is 10.2 Å². The highest BCUT2D eigenvalue weighted by atomic mass is 32.1. The average molecular weight is 254 g/mol. The minimum absolute atomic E-state index is 0.572. The summed E-state index contributed by atoms with van der Waals surface area (Å²) >= 11 is 1.72. The Morgan fingerprint density at radius 1 is 1.47 bits per heavy atom. The molecule has 0 radical (unpaired) electrons. The van der Waals surface area contributed by atoms with Crippen LogP contribution < -0.4 is 0 Å².